The summed E-state index contributed by atoms with van der Waals surface area (Å²) in [5.74, 6) is 0.966. The first-order chi connectivity index (χ1) is 12.8. The minimum atomic E-state index is -0.302. The number of hydrogen-bond acceptors (Lipinski definition) is 4. The number of amides is 1. The number of ether oxygens (including phenoxy) is 1. The number of phenolic OH excluding ortho intramolecular Hbond substituents is 1. The van der Waals surface area contributed by atoms with Crippen molar-refractivity contribution in [3.63, 3.8) is 0 Å². The van der Waals surface area contributed by atoms with Gasteiger partial charge in [-0.1, -0.05) is 26.8 Å². The number of carbonyl (C=O) groups excluding carboxylic acids is 1. The second kappa shape index (κ2) is 7.50. The molecule has 1 aromatic heterocycles. The molecule has 0 spiro atoms. The van der Waals surface area contributed by atoms with Crippen molar-refractivity contribution in [2.75, 3.05) is 5.32 Å². The van der Waals surface area contributed by atoms with Crippen molar-refractivity contribution in [1.29, 1.82) is 0 Å². The first kappa shape index (κ1) is 18.5. The third kappa shape index (κ3) is 4.64. The lowest BCUT2D eigenvalue weighted by molar-refractivity contribution is 0.102. The standard InChI is InChI=1S/C22H22N2O3/c1-22(2,3)16-8-11-20(25)19(13-16)24-21(26)15-6-9-17(10-7-15)27-18-5-4-12-23-14-18/h4-14,25H,1-3H3,(H,24,26). The molecule has 5 heteroatoms. The number of phenols is 1. The van der Waals surface area contributed by atoms with E-state index in [0.29, 0.717) is 22.7 Å². The zero-order valence-electron chi connectivity index (χ0n) is 15.6. The number of rotatable bonds is 4. The van der Waals surface area contributed by atoms with Crippen LogP contribution in [0.4, 0.5) is 5.69 Å². The highest BCUT2D eigenvalue weighted by Crippen LogP contribution is 2.31. The van der Waals surface area contributed by atoms with Crippen LogP contribution in [0.2, 0.25) is 0 Å². The van der Waals surface area contributed by atoms with Crippen molar-refractivity contribution in [3.8, 4) is 17.2 Å². The lowest BCUT2D eigenvalue weighted by Gasteiger charge is -2.20. The monoisotopic (exact) mass is 362 g/mol. The Kier molecular flexibility index (Phi) is 5.12. The Bertz CT molecular complexity index is 930. The number of nitrogens with one attached hydrogen (secondary N) is 1. The summed E-state index contributed by atoms with van der Waals surface area (Å²) >= 11 is 0. The molecule has 0 fully saturated rings. The van der Waals surface area contributed by atoms with Crippen molar-refractivity contribution in [2.45, 2.75) is 26.2 Å². The highest BCUT2D eigenvalue weighted by Gasteiger charge is 2.17. The Morgan fingerprint density at radius 3 is 2.41 bits per heavy atom. The molecule has 1 amide bonds. The maximum Gasteiger partial charge on any atom is 0.255 e. The predicted molar refractivity (Wildman–Crippen MR) is 106 cm³/mol. The summed E-state index contributed by atoms with van der Waals surface area (Å²) < 4.78 is 5.67. The van der Waals surface area contributed by atoms with Gasteiger partial charge in [-0.15, -0.1) is 0 Å². The number of anilines is 1. The van der Waals surface area contributed by atoms with Gasteiger partial charge in [0.2, 0.25) is 0 Å². The predicted octanol–water partition coefficient (Wildman–Crippen LogP) is 5.13. The molecule has 3 rings (SSSR count). The maximum absolute atomic E-state index is 12.5. The number of benzene rings is 2. The summed E-state index contributed by atoms with van der Waals surface area (Å²) in [7, 11) is 0. The van der Waals surface area contributed by atoms with Crippen molar-refractivity contribution >= 4 is 11.6 Å². The van der Waals surface area contributed by atoms with Crippen LogP contribution in [-0.2, 0) is 5.41 Å². The number of aromatic nitrogens is 1. The molecular weight excluding hydrogens is 340 g/mol. The molecule has 1 heterocycles. The van der Waals surface area contributed by atoms with Crippen LogP contribution < -0.4 is 10.1 Å². The smallest absolute Gasteiger partial charge is 0.255 e. The van der Waals surface area contributed by atoms with Gasteiger partial charge in [-0.25, -0.2) is 0 Å². The maximum atomic E-state index is 12.5. The Hall–Kier alpha value is -3.34. The molecule has 2 N–H and O–H groups in total. The third-order valence-corrected chi connectivity index (χ3v) is 4.10. The second-order valence-electron chi connectivity index (χ2n) is 7.25. The van der Waals surface area contributed by atoms with Crippen molar-refractivity contribution in [3.05, 3.63) is 78.1 Å². The van der Waals surface area contributed by atoms with E-state index in [1.807, 2.05) is 6.07 Å². The Labute approximate surface area is 158 Å². The number of carbonyl (C=O) groups is 1. The molecule has 138 valence electrons. The van der Waals surface area contributed by atoms with Crippen LogP contribution in [0.25, 0.3) is 0 Å². The zero-order chi connectivity index (χ0) is 19.4. The summed E-state index contributed by atoms with van der Waals surface area (Å²) in [6.45, 7) is 6.23. The van der Waals surface area contributed by atoms with Gasteiger partial charge < -0.3 is 15.2 Å². The van der Waals surface area contributed by atoms with E-state index >= 15 is 0 Å². The fraction of sp³-hybridized carbons (Fsp3) is 0.182. The number of nitrogens with zero attached hydrogens (tertiary/aromatic N) is 1. The molecule has 0 aliphatic rings. The lowest BCUT2D eigenvalue weighted by atomic mass is 9.87. The molecule has 0 aliphatic carbocycles. The summed E-state index contributed by atoms with van der Waals surface area (Å²) in [5.41, 5.74) is 1.80. The highest BCUT2D eigenvalue weighted by atomic mass is 16.5. The van der Waals surface area contributed by atoms with Crippen LogP contribution >= 0.6 is 0 Å². The number of hydrogen-bond donors (Lipinski definition) is 2. The number of pyridine rings is 1. The van der Waals surface area contributed by atoms with Gasteiger partial charge in [0.05, 0.1) is 11.9 Å². The average molecular weight is 362 g/mol. The Balaban J connectivity index is 1.73. The molecule has 0 atom stereocenters. The topological polar surface area (TPSA) is 71.5 Å². The van der Waals surface area contributed by atoms with Crippen LogP contribution in [0.1, 0.15) is 36.7 Å². The van der Waals surface area contributed by atoms with E-state index in [4.69, 9.17) is 4.74 Å². The number of aromatic hydroxyl groups is 1. The molecule has 0 bridgehead atoms. The van der Waals surface area contributed by atoms with Crippen molar-refractivity contribution in [1.82, 2.24) is 4.98 Å². The molecule has 0 radical (unpaired) electrons. The highest BCUT2D eigenvalue weighted by molar-refractivity contribution is 6.05. The van der Waals surface area contributed by atoms with Crippen LogP contribution in [-0.4, -0.2) is 16.0 Å². The van der Waals surface area contributed by atoms with Crippen molar-refractivity contribution in [2.24, 2.45) is 0 Å². The summed E-state index contributed by atoms with van der Waals surface area (Å²) in [6, 6.07) is 15.6. The van der Waals surface area contributed by atoms with E-state index in [1.165, 1.54) is 0 Å². The van der Waals surface area contributed by atoms with Gasteiger partial charge in [0, 0.05) is 11.8 Å². The van der Waals surface area contributed by atoms with E-state index in [2.05, 4.69) is 31.1 Å². The fourth-order valence-corrected chi connectivity index (χ4v) is 2.52. The summed E-state index contributed by atoms with van der Waals surface area (Å²) in [5, 5.41) is 12.8. The van der Waals surface area contributed by atoms with Gasteiger partial charge in [-0.2, -0.15) is 0 Å². The van der Waals surface area contributed by atoms with Gasteiger partial charge >= 0.3 is 0 Å². The molecule has 0 saturated heterocycles. The fourth-order valence-electron chi connectivity index (χ4n) is 2.52. The molecular formula is C22H22N2O3. The summed E-state index contributed by atoms with van der Waals surface area (Å²) in [4.78, 5) is 16.5. The molecule has 5 nitrogen and oxygen atoms in total. The van der Waals surface area contributed by atoms with E-state index in [9.17, 15) is 9.90 Å². The van der Waals surface area contributed by atoms with Gasteiger partial charge in [0.25, 0.3) is 5.91 Å². The van der Waals surface area contributed by atoms with Gasteiger partial charge in [0.1, 0.15) is 17.2 Å². The normalized spacial score (nSPS) is 11.1. The quantitative estimate of drug-likeness (QED) is 0.631. The van der Waals surface area contributed by atoms with Crippen LogP contribution in [0.15, 0.2) is 67.0 Å². The molecule has 0 aliphatic heterocycles. The van der Waals surface area contributed by atoms with E-state index in [-0.39, 0.29) is 17.1 Å². The molecule has 0 saturated carbocycles. The minimum absolute atomic E-state index is 0.0351. The SMILES string of the molecule is CC(C)(C)c1ccc(O)c(NC(=O)c2ccc(Oc3cccnc3)cc2)c1. The average Bonchev–Trinajstić information content (AvgIpc) is 2.64. The largest absolute Gasteiger partial charge is 0.506 e. The molecule has 2 aromatic carbocycles. The Morgan fingerprint density at radius 2 is 1.78 bits per heavy atom. The van der Waals surface area contributed by atoms with Gasteiger partial charge in [-0.3, -0.25) is 9.78 Å². The van der Waals surface area contributed by atoms with Crippen LogP contribution in [0, 0.1) is 0 Å². The first-order valence-corrected chi connectivity index (χ1v) is 8.66. The van der Waals surface area contributed by atoms with Crippen LogP contribution in [0.5, 0.6) is 17.2 Å². The second-order valence-corrected chi connectivity index (χ2v) is 7.25. The van der Waals surface area contributed by atoms with E-state index in [0.717, 1.165) is 5.56 Å². The molecule has 0 unspecified atom stereocenters. The molecule has 3 aromatic rings. The lowest BCUT2D eigenvalue weighted by Crippen LogP contribution is -2.14. The summed E-state index contributed by atoms with van der Waals surface area (Å²) in [6.07, 6.45) is 3.29. The van der Waals surface area contributed by atoms with Crippen LogP contribution in [0.3, 0.4) is 0 Å². The van der Waals surface area contributed by atoms with Gasteiger partial charge in [0.15, 0.2) is 0 Å². The van der Waals surface area contributed by atoms with Crippen molar-refractivity contribution < 1.29 is 14.6 Å². The van der Waals surface area contributed by atoms with Gasteiger partial charge in [-0.05, 0) is 59.5 Å². The Morgan fingerprint density at radius 1 is 1.04 bits per heavy atom. The van der Waals surface area contributed by atoms with E-state index < -0.39 is 0 Å². The van der Waals surface area contributed by atoms with E-state index in [1.54, 1.807) is 60.9 Å². The third-order valence-electron chi connectivity index (χ3n) is 4.10. The first-order valence-electron chi connectivity index (χ1n) is 8.66. The minimum Gasteiger partial charge on any atom is -0.506 e. The molecule has 27 heavy (non-hydrogen) atoms. The zero-order valence-corrected chi connectivity index (χ0v) is 15.6.